The maximum Gasteiger partial charge on any atom is 0.306 e. The molecule has 1 unspecified atom stereocenters. The molecule has 0 saturated heterocycles. The largest absolute Gasteiger partial charge is 0.481 e. The second-order valence-electron chi connectivity index (χ2n) is 3.62. The van der Waals surface area contributed by atoms with Crippen molar-refractivity contribution in [1.29, 1.82) is 0 Å². The molecule has 0 aliphatic heterocycles. The molecule has 8 nitrogen and oxygen atoms in total. The van der Waals surface area contributed by atoms with Gasteiger partial charge in [-0.2, -0.15) is 4.39 Å². The van der Waals surface area contributed by atoms with Crippen LogP contribution in [0.25, 0.3) is 0 Å². The Morgan fingerprint density at radius 3 is 2.68 bits per heavy atom. The van der Waals surface area contributed by atoms with Crippen molar-refractivity contribution >= 4 is 23.3 Å². The van der Waals surface area contributed by atoms with Crippen LogP contribution in [0.2, 0.25) is 0 Å². The number of nitrogens with zero attached hydrogens (tertiary/aromatic N) is 1. The van der Waals surface area contributed by atoms with Crippen molar-refractivity contribution in [3.63, 3.8) is 0 Å². The van der Waals surface area contributed by atoms with Crippen LogP contribution in [0.1, 0.15) is 6.42 Å². The van der Waals surface area contributed by atoms with Crippen LogP contribution in [0.15, 0.2) is 18.2 Å². The zero-order valence-electron chi connectivity index (χ0n) is 9.50. The van der Waals surface area contributed by atoms with Crippen LogP contribution in [0.4, 0.5) is 15.8 Å². The van der Waals surface area contributed by atoms with E-state index in [0.717, 1.165) is 18.2 Å². The van der Waals surface area contributed by atoms with Crippen LogP contribution in [0, 0.1) is 15.9 Å². The van der Waals surface area contributed by atoms with E-state index in [4.69, 9.17) is 10.8 Å². The van der Waals surface area contributed by atoms with Crippen LogP contribution in [0.3, 0.4) is 0 Å². The zero-order chi connectivity index (χ0) is 14.6. The number of nitro benzene ring substituents is 1. The summed E-state index contributed by atoms with van der Waals surface area (Å²) in [7, 11) is 0. The summed E-state index contributed by atoms with van der Waals surface area (Å²) in [6.45, 7) is 0. The SMILES string of the molecule is NC(CC(=O)O)C(=O)Nc1ccc(F)c([N+](=O)[O-])c1. The number of rotatable bonds is 5. The third kappa shape index (κ3) is 4.00. The molecule has 0 aliphatic carbocycles. The number of carboxylic acid groups (broad SMARTS) is 1. The Hall–Kier alpha value is -2.55. The number of nitrogens with one attached hydrogen (secondary N) is 1. The normalized spacial score (nSPS) is 11.7. The van der Waals surface area contributed by atoms with Crippen LogP contribution in [0.5, 0.6) is 0 Å². The van der Waals surface area contributed by atoms with Gasteiger partial charge in [-0.1, -0.05) is 0 Å². The van der Waals surface area contributed by atoms with Gasteiger partial charge in [-0.25, -0.2) is 0 Å². The molecule has 0 bridgehead atoms. The monoisotopic (exact) mass is 271 g/mol. The molecule has 0 spiro atoms. The average Bonchev–Trinajstić information content (AvgIpc) is 2.30. The lowest BCUT2D eigenvalue weighted by Crippen LogP contribution is -2.37. The number of aliphatic carboxylic acids is 1. The summed E-state index contributed by atoms with van der Waals surface area (Å²) in [6, 6.07) is 1.44. The van der Waals surface area contributed by atoms with Gasteiger partial charge in [0.2, 0.25) is 11.7 Å². The minimum Gasteiger partial charge on any atom is -0.481 e. The maximum atomic E-state index is 13.0. The molecule has 0 aromatic heterocycles. The van der Waals surface area contributed by atoms with Gasteiger partial charge in [0, 0.05) is 11.8 Å². The number of hydrogen-bond donors (Lipinski definition) is 3. The molecule has 1 aromatic carbocycles. The Kier molecular flexibility index (Phi) is 4.48. The van der Waals surface area contributed by atoms with E-state index in [1.54, 1.807) is 0 Å². The van der Waals surface area contributed by atoms with Gasteiger partial charge in [0.05, 0.1) is 17.4 Å². The third-order valence-corrected chi connectivity index (χ3v) is 2.14. The first-order valence-corrected chi connectivity index (χ1v) is 5.03. The molecular formula is C10H10FN3O5. The molecular weight excluding hydrogens is 261 g/mol. The number of carbonyl (C=O) groups excluding carboxylic acids is 1. The Morgan fingerprint density at radius 2 is 2.16 bits per heavy atom. The smallest absolute Gasteiger partial charge is 0.306 e. The van der Waals surface area contributed by atoms with Crippen molar-refractivity contribution in [3.05, 3.63) is 34.1 Å². The number of hydrogen-bond acceptors (Lipinski definition) is 5. The first kappa shape index (κ1) is 14.5. The molecule has 0 fully saturated rings. The number of carboxylic acids is 1. The summed E-state index contributed by atoms with van der Waals surface area (Å²) in [5.74, 6) is -3.13. The maximum absolute atomic E-state index is 13.0. The van der Waals surface area contributed by atoms with Gasteiger partial charge in [0.15, 0.2) is 0 Å². The molecule has 1 rings (SSSR count). The van der Waals surface area contributed by atoms with Crippen LogP contribution in [-0.4, -0.2) is 27.9 Å². The average molecular weight is 271 g/mol. The summed E-state index contributed by atoms with van der Waals surface area (Å²) < 4.78 is 13.0. The van der Waals surface area contributed by atoms with Crippen LogP contribution in [-0.2, 0) is 9.59 Å². The number of halogens is 1. The predicted molar refractivity (Wildman–Crippen MR) is 61.9 cm³/mol. The number of amides is 1. The van der Waals surface area contributed by atoms with Gasteiger partial charge < -0.3 is 16.2 Å². The van der Waals surface area contributed by atoms with Crippen molar-refractivity contribution in [1.82, 2.24) is 0 Å². The molecule has 0 heterocycles. The Bertz CT molecular complexity index is 534. The van der Waals surface area contributed by atoms with Crippen LogP contribution >= 0.6 is 0 Å². The fourth-order valence-corrected chi connectivity index (χ4v) is 1.25. The van der Waals surface area contributed by atoms with Crippen molar-refractivity contribution in [2.24, 2.45) is 5.73 Å². The Morgan fingerprint density at radius 1 is 1.53 bits per heavy atom. The van der Waals surface area contributed by atoms with E-state index in [1.807, 2.05) is 0 Å². The highest BCUT2D eigenvalue weighted by molar-refractivity contribution is 5.96. The van der Waals surface area contributed by atoms with E-state index in [0.29, 0.717) is 0 Å². The summed E-state index contributed by atoms with van der Waals surface area (Å²) in [6.07, 6.45) is -0.588. The number of anilines is 1. The molecule has 9 heteroatoms. The lowest BCUT2D eigenvalue weighted by atomic mass is 10.2. The molecule has 1 aromatic rings. The van der Waals surface area contributed by atoms with E-state index in [1.165, 1.54) is 0 Å². The fraction of sp³-hybridized carbons (Fsp3) is 0.200. The number of carbonyl (C=O) groups is 2. The lowest BCUT2D eigenvalue weighted by Gasteiger charge is -2.10. The standard InChI is InChI=1S/C10H10FN3O5/c11-6-2-1-5(3-8(6)14(18)19)13-10(17)7(12)4-9(15)16/h1-3,7H,4,12H2,(H,13,17)(H,15,16). The van der Waals surface area contributed by atoms with E-state index in [2.05, 4.69) is 5.32 Å². The highest BCUT2D eigenvalue weighted by Crippen LogP contribution is 2.21. The number of benzene rings is 1. The minimum absolute atomic E-state index is 0.0426. The number of nitro groups is 1. The van der Waals surface area contributed by atoms with Crippen molar-refractivity contribution in [2.75, 3.05) is 5.32 Å². The Balaban J connectivity index is 2.83. The topological polar surface area (TPSA) is 136 Å². The van der Waals surface area contributed by atoms with Gasteiger partial charge >= 0.3 is 11.7 Å². The molecule has 1 amide bonds. The van der Waals surface area contributed by atoms with E-state index in [9.17, 15) is 24.1 Å². The van der Waals surface area contributed by atoms with Gasteiger partial charge in [0.25, 0.3) is 0 Å². The number of nitrogens with two attached hydrogens (primary N) is 1. The molecule has 0 saturated carbocycles. The summed E-state index contributed by atoms with van der Waals surface area (Å²) in [5.41, 5.74) is 4.45. The highest BCUT2D eigenvalue weighted by Gasteiger charge is 2.19. The van der Waals surface area contributed by atoms with Gasteiger partial charge in [-0.3, -0.25) is 19.7 Å². The molecule has 4 N–H and O–H groups in total. The molecule has 0 aliphatic rings. The minimum atomic E-state index is -1.30. The third-order valence-electron chi connectivity index (χ3n) is 2.14. The van der Waals surface area contributed by atoms with Crippen molar-refractivity contribution in [3.8, 4) is 0 Å². The second-order valence-corrected chi connectivity index (χ2v) is 3.62. The van der Waals surface area contributed by atoms with E-state index >= 15 is 0 Å². The van der Waals surface area contributed by atoms with Crippen molar-refractivity contribution in [2.45, 2.75) is 12.5 Å². The zero-order valence-corrected chi connectivity index (χ0v) is 9.50. The lowest BCUT2D eigenvalue weighted by molar-refractivity contribution is -0.387. The van der Waals surface area contributed by atoms with Gasteiger partial charge in [0.1, 0.15) is 0 Å². The highest BCUT2D eigenvalue weighted by atomic mass is 19.1. The molecule has 1 atom stereocenters. The Labute approximate surface area is 106 Å². The first-order valence-electron chi connectivity index (χ1n) is 5.03. The first-order chi connectivity index (χ1) is 8.81. The molecule has 19 heavy (non-hydrogen) atoms. The summed E-state index contributed by atoms with van der Waals surface area (Å²) >= 11 is 0. The van der Waals surface area contributed by atoms with Crippen LogP contribution < -0.4 is 11.1 Å². The van der Waals surface area contributed by atoms with E-state index in [-0.39, 0.29) is 5.69 Å². The van der Waals surface area contributed by atoms with Gasteiger partial charge in [-0.05, 0) is 12.1 Å². The molecule has 0 radical (unpaired) electrons. The summed E-state index contributed by atoms with van der Waals surface area (Å²) in [4.78, 5) is 31.4. The predicted octanol–water partition coefficient (Wildman–Crippen LogP) is 0.474. The van der Waals surface area contributed by atoms with Gasteiger partial charge in [-0.15, -0.1) is 0 Å². The summed E-state index contributed by atoms with van der Waals surface area (Å²) in [5, 5.41) is 21.1. The van der Waals surface area contributed by atoms with E-state index < -0.39 is 40.8 Å². The second kappa shape index (κ2) is 5.87. The van der Waals surface area contributed by atoms with Crippen molar-refractivity contribution < 1.29 is 24.0 Å². The molecule has 102 valence electrons. The quantitative estimate of drug-likeness (QED) is 0.526. The fourth-order valence-electron chi connectivity index (χ4n) is 1.25.